The van der Waals surface area contributed by atoms with Gasteiger partial charge in [-0.1, -0.05) is 42.5 Å². The molecule has 0 spiro atoms. The van der Waals surface area contributed by atoms with Gasteiger partial charge in [0.1, 0.15) is 24.7 Å². The molecule has 2 N–H and O–H groups in total. The minimum atomic E-state index is -3.81. The summed E-state index contributed by atoms with van der Waals surface area (Å²) in [5, 5.41) is 5.26. The number of ether oxygens (including phenoxy) is 3. The Morgan fingerprint density at radius 2 is 1.66 bits per heavy atom. The molecule has 0 saturated carbocycles. The maximum Gasteiger partial charge on any atom is 0.408 e. The lowest BCUT2D eigenvalue weighted by Crippen LogP contribution is -2.35. The molecule has 2 atom stereocenters. The summed E-state index contributed by atoms with van der Waals surface area (Å²) in [5.74, 6) is -1.12. The molecule has 1 amide bonds. The largest absolute Gasteiger partial charge is 0.497 e. The first-order valence-electron chi connectivity index (χ1n) is 10.2. The quantitative estimate of drug-likeness (QED) is 0.358. The van der Waals surface area contributed by atoms with Crippen molar-refractivity contribution in [1.82, 2.24) is 10.4 Å². The van der Waals surface area contributed by atoms with Crippen molar-refractivity contribution in [3.05, 3.63) is 65.7 Å². The molecule has 0 aliphatic carbocycles. The summed E-state index contributed by atoms with van der Waals surface area (Å²) in [6, 6.07) is 15.8. The van der Waals surface area contributed by atoms with Gasteiger partial charge in [0, 0.05) is 0 Å². The van der Waals surface area contributed by atoms with Crippen LogP contribution in [0, 0.1) is 0 Å². The van der Waals surface area contributed by atoms with E-state index in [9.17, 15) is 14.2 Å². The zero-order valence-corrected chi connectivity index (χ0v) is 19.3. The van der Waals surface area contributed by atoms with E-state index < -0.39 is 25.4 Å². The highest BCUT2D eigenvalue weighted by atomic mass is 31.2. The van der Waals surface area contributed by atoms with E-state index in [0.717, 1.165) is 5.56 Å². The summed E-state index contributed by atoms with van der Waals surface area (Å²) < 4.78 is 34.6. The van der Waals surface area contributed by atoms with Crippen molar-refractivity contribution in [1.29, 1.82) is 0 Å². The number of rotatable bonds is 12. The van der Waals surface area contributed by atoms with Crippen molar-refractivity contribution < 1.29 is 32.9 Å². The molecule has 0 bridgehead atoms. The molecule has 2 unspecified atom stereocenters. The number of hydrogen-bond acceptors (Lipinski definition) is 7. The van der Waals surface area contributed by atoms with E-state index in [1.165, 1.54) is 7.11 Å². The standard InChI is InChI=1S/C22H29N2O7P/c1-4-29-20(25)15-23-32(27,31-5-2)21(18-11-13-19(28-3)14-12-18)24-22(26)30-16-17-9-7-6-8-10-17/h6-14,21H,4-5,15-16H2,1-3H3,(H,23,27)(H,24,26). The minimum Gasteiger partial charge on any atom is -0.497 e. The first-order chi connectivity index (χ1) is 15.4. The molecule has 0 aliphatic rings. The lowest BCUT2D eigenvalue weighted by molar-refractivity contribution is -0.141. The van der Waals surface area contributed by atoms with E-state index in [0.29, 0.717) is 11.3 Å². The summed E-state index contributed by atoms with van der Waals surface area (Å²) in [7, 11) is -2.28. The predicted octanol–water partition coefficient (Wildman–Crippen LogP) is 4.00. The highest BCUT2D eigenvalue weighted by Crippen LogP contribution is 2.55. The van der Waals surface area contributed by atoms with E-state index in [1.54, 1.807) is 38.1 Å². The first-order valence-corrected chi connectivity index (χ1v) is 11.9. The third-order valence-corrected chi connectivity index (χ3v) is 6.66. The number of hydrogen-bond donors (Lipinski definition) is 2. The summed E-state index contributed by atoms with van der Waals surface area (Å²) in [5.41, 5.74) is 1.28. The van der Waals surface area contributed by atoms with Crippen LogP contribution in [-0.4, -0.2) is 38.9 Å². The smallest absolute Gasteiger partial charge is 0.408 e. The molecule has 10 heteroatoms. The Hall–Kier alpha value is -2.87. The lowest BCUT2D eigenvalue weighted by Gasteiger charge is -2.28. The third-order valence-electron chi connectivity index (χ3n) is 4.31. The van der Waals surface area contributed by atoms with E-state index in [-0.39, 0.29) is 26.4 Å². The van der Waals surface area contributed by atoms with Gasteiger partial charge < -0.3 is 24.1 Å². The number of carbonyl (C=O) groups is 2. The highest BCUT2D eigenvalue weighted by Gasteiger charge is 2.38. The fourth-order valence-corrected chi connectivity index (χ4v) is 4.81. The molecule has 0 aliphatic heterocycles. The van der Waals surface area contributed by atoms with Crippen molar-refractivity contribution >= 4 is 19.6 Å². The summed E-state index contributed by atoms with van der Waals surface area (Å²) in [4.78, 5) is 24.4. The van der Waals surface area contributed by atoms with Gasteiger partial charge >= 0.3 is 12.1 Å². The van der Waals surface area contributed by atoms with Gasteiger partial charge in [0.15, 0.2) is 0 Å². The van der Waals surface area contributed by atoms with Crippen molar-refractivity contribution in [2.45, 2.75) is 26.2 Å². The van der Waals surface area contributed by atoms with Gasteiger partial charge in [-0.15, -0.1) is 0 Å². The molecule has 2 aromatic carbocycles. The van der Waals surface area contributed by atoms with Crippen molar-refractivity contribution in [3.63, 3.8) is 0 Å². The Morgan fingerprint density at radius 3 is 2.25 bits per heavy atom. The van der Waals surface area contributed by atoms with E-state index in [2.05, 4.69) is 10.4 Å². The first kappa shape index (κ1) is 25.4. The van der Waals surface area contributed by atoms with Crippen LogP contribution in [0.2, 0.25) is 0 Å². The van der Waals surface area contributed by atoms with Crippen molar-refractivity contribution in [2.24, 2.45) is 0 Å². The highest BCUT2D eigenvalue weighted by molar-refractivity contribution is 7.57. The van der Waals surface area contributed by atoms with Crippen molar-refractivity contribution in [2.75, 3.05) is 26.9 Å². The van der Waals surface area contributed by atoms with Gasteiger partial charge in [0.25, 0.3) is 7.52 Å². The fourth-order valence-electron chi connectivity index (χ4n) is 2.82. The Kier molecular flexibility index (Phi) is 10.2. The second-order valence-corrected chi connectivity index (χ2v) is 8.82. The number of methoxy groups -OCH3 is 1. The van der Waals surface area contributed by atoms with Crippen LogP contribution in [0.1, 0.15) is 30.8 Å². The molecular formula is C22H29N2O7P. The van der Waals surface area contributed by atoms with E-state index >= 15 is 0 Å². The van der Waals surface area contributed by atoms with Crippen LogP contribution in [0.5, 0.6) is 5.75 Å². The van der Waals surface area contributed by atoms with Crippen molar-refractivity contribution in [3.8, 4) is 5.75 Å². The third kappa shape index (κ3) is 7.67. The molecule has 0 fully saturated rings. The topological polar surface area (TPSA) is 112 Å². The maximum atomic E-state index is 13.7. The van der Waals surface area contributed by atoms with Crippen LogP contribution < -0.4 is 15.1 Å². The second kappa shape index (κ2) is 12.9. The van der Waals surface area contributed by atoms with Crippen LogP contribution in [0.15, 0.2) is 54.6 Å². The average Bonchev–Trinajstić information content (AvgIpc) is 2.81. The van der Waals surface area contributed by atoms with Gasteiger partial charge in [0.05, 0.1) is 20.3 Å². The van der Waals surface area contributed by atoms with Gasteiger partial charge in [-0.25, -0.2) is 9.88 Å². The van der Waals surface area contributed by atoms with Crippen LogP contribution in [0.25, 0.3) is 0 Å². The molecule has 32 heavy (non-hydrogen) atoms. The Morgan fingerprint density at radius 1 is 0.969 bits per heavy atom. The molecule has 174 valence electrons. The molecule has 0 heterocycles. The van der Waals surface area contributed by atoms with Gasteiger partial charge in [-0.2, -0.15) is 0 Å². The lowest BCUT2D eigenvalue weighted by atomic mass is 10.2. The Bertz CT molecular complexity index is 906. The average molecular weight is 464 g/mol. The molecule has 9 nitrogen and oxygen atoms in total. The molecule has 0 radical (unpaired) electrons. The van der Waals surface area contributed by atoms with E-state index in [1.807, 2.05) is 30.3 Å². The van der Waals surface area contributed by atoms with Crippen LogP contribution in [-0.2, 0) is 30.0 Å². The number of amides is 1. The number of esters is 1. The second-order valence-electron chi connectivity index (χ2n) is 6.54. The molecule has 2 aromatic rings. The molecule has 2 rings (SSSR count). The molecule has 0 aromatic heterocycles. The van der Waals surface area contributed by atoms with Crippen LogP contribution in [0.3, 0.4) is 0 Å². The normalized spacial score (nSPS) is 13.5. The Labute approximate surface area is 187 Å². The Balaban J connectivity index is 2.24. The minimum absolute atomic E-state index is 0.0389. The summed E-state index contributed by atoms with van der Waals surface area (Å²) in [6.45, 7) is 3.30. The zero-order chi connectivity index (χ0) is 23.4. The van der Waals surface area contributed by atoms with Gasteiger partial charge in [-0.05, 0) is 37.1 Å². The van der Waals surface area contributed by atoms with Gasteiger partial charge in [-0.3, -0.25) is 9.36 Å². The SMILES string of the molecule is CCOC(=O)CNP(=O)(OCC)C(NC(=O)OCc1ccccc1)c1ccc(OC)cc1. The molecule has 0 saturated heterocycles. The van der Waals surface area contributed by atoms with Gasteiger partial charge in [0.2, 0.25) is 0 Å². The van der Waals surface area contributed by atoms with E-state index in [4.69, 9.17) is 18.7 Å². The predicted molar refractivity (Wildman–Crippen MR) is 119 cm³/mol. The van der Waals surface area contributed by atoms with Crippen LogP contribution in [0.4, 0.5) is 4.79 Å². The van der Waals surface area contributed by atoms with Crippen LogP contribution >= 0.6 is 7.52 Å². The summed E-state index contributed by atoms with van der Waals surface area (Å²) >= 11 is 0. The number of carbonyl (C=O) groups excluding carboxylic acids is 2. The summed E-state index contributed by atoms with van der Waals surface area (Å²) in [6.07, 6.45) is -0.785. The zero-order valence-electron chi connectivity index (χ0n) is 18.4. The molecular weight excluding hydrogens is 435 g/mol. The monoisotopic (exact) mass is 464 g/mol. The number of alkyl carbamates (subject to hydrolysis) is 1. The maximum absolute atomic E-state index is 13.7. The fraction of sp³-hybridized carbons (Fsp3) is 0.364. The number of nitrogens with one attached hydrogen (secondary N) is 2. The number of benzene rings is 2.